The van der Waals surface area contributed by atoms with Gasteiger partial charge in [-0.2, -0.15) is 0 Å². The molecular weight excluding hydrogens is 474 g/mol. The number of benzene rings is 3. The van der Waals surface area contributed by atoms with Gasteiger partial charge in [-0.1, -0.05) is 48.5 Å². The Hall–Kier alpha value is -5.02. The molecule has 184 valence electrons. The van der Waals surface area contributed by atoms with Gasteiger partial charge in [-0.25, -0.2) is 0 Å². The average Bonchev–Trinajstić information content (AvgIpc) is 2.91. The monoisotopic (exact) mass is 495 g/mol. The summed E-state index contributed by atoms with van der Waals surface area (Å²) in [6.07, 6.45) is 0.526. The standard InChI is InChI=1S/C28H21N3O6/c29-15-26(35)17-6-4-8-19(12-17)31-28(37)25(34)14-23(32)16-5-3-7-18(11-16)30-22-13-24(33)27(36)21-10-2-1-9-20(21)22/h1-13,30H,14-15,29H2,(H,31,37). The second-order valence-corrected chi connectivity index (χ2v) is 8.19. The van der Waals surface area contributed by atoms with Gasteiger partial charge in [-0.15, -0.1) is 0 Å². The number of nitrogens with two attached hydrogens (primary N) is 1. The number of amides is 1. The molecule has 0 heterocycles. The van der Waals surface area contributed by atoms with Crippen LogP contribution in [-0.2, 0) is 14.4 Å². The van der Waals surface area contributed by atoms with Gasteiger partial charge in [0.2, 0.25) is 17.3 Å². The Labute approximate surface area is 211 Å². The van der Waals surface area contributed by atoms with E-state index in [1.165, 1.54) is 42.5 Å². The van der Waals surface area contributed by atoms with Gasteiger partial charge < -0.3 is 16.4 Å². The van der Waals surface area contributed by atoms with E-state index in [1.54, 1.807) is 36.4 Å². The fourth-order valence-corrected chi connectivity index (χ4v) is 3.77. The van der Waals surface area contributed by atoms with E-state index in [4.69, 9.17) is 5.73 Å². The first kappa shape index (κ1) is 25.1. The number of hydrogen-bond donors (Lipinski definition) is 3. The van der Waals surface area contributed by atoms with E-state index in [0.29, 0.717) is 16.9 Å². The van der Waals surface area contributed by atoms with E-state index in [1.807, 2.05) is 0 Å². The minimum atomic E-state index is -0.993. The largest absolute Gasteiger partial charge is 0.355 e. The Kier molecular flexibility index (Phi) is 7.26. The summed E-state index contributed by atoms with van der Waals surface area (Å²) < 4.78 is 0. The third kappa shape index (κ3) is 5.63. The van der Waals surface area contributed by atoms with E-state index < -0.39 is 35.5 Å². The Morgan fingerprint density at radius 3 is 2.05 bits per heavy atom. The van der Waals surface area contributed by atoms with Crippen molar-refractivity contribution in [3.63, 3.8) is 0 Å². The summed E-state index contributed by atoms with van der Waals surface area (Å²) in [4.78, 5) is 73.4. The normalized spacial score (nSPS) is 12.3. The third-order valence-electron chi connectivity index (χ3n) is 5.63. The van der Waals surface area contributed by atoms with Gasteiger partial charge in [0.15, 0.2) is 11.6 Å². The predicted octanol–water partition coefficient (Wildman–Crippen LogP) is 2.83. The van der Waals surface area contributed by atoms with E-state index in [-0.39, 0.29) is 34.7 Å². The van der Waals surface area contributed by atoms with Crippen molar-refractivity contribution >= 4 is 51.9 Å². The summed E-state index contributed by atoms with van der Waals surface area (Å²) in [6, 6.07) is 18.9. The first-order valence-electron chi connectivity index (χ1n) is 11.2. The van der Waals surface area contributed by atoms with Gasteiger partial charge in [0.1, 0.15) is 0 Å². The van der Waals surface area contributed by atoms with Crippen LogP contribution in [0.5, 0.6) is 0 Å². The van der Waals surface area contributed by atoms with Crippen molar-refractivity contribution in [3.05, 3.63) is 101 Å². The highest BCUT2D eigenvalue weighted by Gasteiger charge is 2.25. The van der Waals surface area contributed by atoms with Gasteiger partial charge in [0, 0.05) is 39.7 Å². The van der Waals surface area contributed by atoms with Gasteiger partial charge in [0.25, 0.3) is 5.91 Å². The van der Waals surface area contributed by atoms with Crippen LogP contribution < -0.4 is 16.4 Å². The highest BCUT2D eigenvalue weighted by atomic mass is 16.2. The summed E-state index contributed by atoms with van der Waals surface area (Å²) in [5.74, 6) is -4.11. The molecule has 0 aromatic heterocycles. The molecule has 0 radical (unpaired) electrons. The Morgan fingerprint density at radius 2 is 1.35 bits per heavy atom. The molecule has 1 aliphatic rings. The number of carbonyl (C=O) groups excluding carboxylic acids is 6. The summed E-state index contributed by atoms with van der Waals surface area (Å²) in [5, 5.41) is 5.43. The minimum Gasteiger partial charge on any atom is -0.355 e. The number of nitrogens with one attached hydrogen (secondary N) is 2. The van der Waals surface area contributed by atoms with Crippen LogP contribution in [0.2, 0.25) is 0 Å². The lowest BCUT2D eigenvalue weighted by Crippen LogP contribution is -2.25. The SMILES string of the molecule is NCC(=O)c1cccc(NC(=O)C(=O)CC(=O)c2cccc(NC3=CC(=O)C(=O)c4ccccc43)c2)c1. The summed E-state index contributed by atoms with van der Waals surface area (Å²) in [7, 11) is 0. The third-order valence-corrected chi connectivity index (χ3v) is 5.63. The Morgan fingerprint density at radius 1 is 0.730 bits per heavy atom. The zero-order valence-electron chi connectivity index (χ0n) is 19.4. The Bertz CT molecular complexity index is 1510. The molecule has 0 saturated carbocycles. The number of fused-ring (bicyclic) bond motifs is 1. The lowest BCUT2D eigenvalue weighted by Gasteiger charge is -2.18. The number of anilines is 2. The first-order chi connectivity index (χ1) is 17.8. The number of rotatable bonds is 9. The lowest BCUT2D eigenvalue weighted by molar-refractivity contribution is -0.134. The smallest absolute Gasteiger partial charge is 0.292 e. The second-order valence-electron chi connectivity index (χ2n) is 8.19. The molecule has 1 amide bonds. The van der Waals surface area contributed by atoms with Crippen molar-refractivity contribution in [2.24, 2.45) is 5.73 Å². The van der Waals surface area contributed by atoms with E-state index in [9.17, 15) is 28.8 Å². The molecule has 9 heteroatoms. The van der Waals surface area contributed by atoms with Crippen LogP contribution in [0.4, 0.5) is 11.4 Å². The number of ketones is 5. The molecule has 4 N–H and O–H groups in total. The molecule has 0 spiro atoms. The minimum absolute atomic E-state index is 0.175. The van der Waals surface area contributed by atoms with Crippen LogP contribution in [0, 0.1) is 0 Å². The van der Waals surface area contributed by atoms with Crippen LogP contribution in [0.3, 0.4) is 0 Å². The predicted molar refractivity (Wildman–Crippen MR) is 136 cm³/mol. The van der Waals surface area contributed by atoms with Crippen molar-refractivity contribution in [1.29, 1.82) is 0 Å². The number of Topliss-reactive ketones (excluding diaryl/α,β-unsaturated/α-hetero) is 4. The van der Waals surface area contributed by atoms with Crippen molar-refractivity contribution in [1.82, 2.24) is 0 Å². The van der Waals surface area contributed by atoms with Crippen molar-refractivity contribution in [2.75, 3.05) is 17.2 Å². The fraction of sp³-hybridized carbons (Fsp3) is 0.0714. The van der Waals surface area contributed by atoms with Crippen LogP contribution in [0.25, 0.3) is 5.70 Å². The molecule has 0 aliphatic heterocycles. The Balaban J connectivity index is 1.44. The van der Waals surface area contributed by atoms with Gasteiger partial charge in [-0.05, 0) is 24.3 Å². The number of allylic oxidation sites excluding steroid dienone is 1. The number of carbonyl (C=O) groups is 6. The topological polar surface area (TPSA) is 152 Å². The second kappa shape index (κ2) is 10.7. The summed E-state index contributed by atoms with van der Waals surface area (Å²) >= 11 is 0. The maximum Gasteiger partial charge on any atom is 0.292 e. The van der Waals surface area contributed by atoms with Gasteiger partial charge >= 0.3 is 0 Å². The highest BCUT2D eigenvalue weighted by molar-refractivity contribution is 6.50. The first-order valence-corrected chi connectivity index (χ1v) is 11.2. The summed E-state index contributed by atoms with van der Waals surface area (Å²) in [5.41, 5.74) is 7.71. The molecule has 0 bridgehead atoms. The average molecular weight is 495 g/mol. The quantitative estimate of drug-likeness (QED) is 0.233. The maximum atomic E-state index is 12.7. The molecule has 3 aromatic carbocycles. The fourth-order valence-electron chi connectivity index (χ4n) is 3.77. The molecular formula is C28H21N3O6. The maximum absolute atomic E-state index is 12.7. The van der Waals surface area contributed by atoms with Crippen LogP contribution in [0.15, 0.2) is 78.9 Å². The van der Waals surface area contributed by atoms with Gasteiger partial charge in [-0.3, -0.25) is 28.8 Å². The van der Waals surface area contributed by atoms with Crippen LogP contribution in [-0.4, -0.2) is 41.4 Å². The number of hydrogen-bond acceptors (Lipinski definition) is 8. The van der Waals surface area contributed by atoms with E-state index >= 15 is 0 Å². The molecule has 1 aliphatic carbocycles. The van der Waals surface area contributed by atoms with Crippen LogP contribution in [0.1, 0.15) is 43.1 Å². The molecule has 0 saturated heterocycles. The van der Waals surface area contributed by atoms with E-state index in [0.717, 1.165) is 0 Å². The summed E-state index contributed by atoms with van der Waals surface area (Å²) in [6.45, 7) is -0.197. The van der Waals surface area contributed by atoms with E-state index in [2.05, 4.69) is 10.6 Å². The zero-order valence-corrected chi connectivity index (χ0v) is 19.4. The molecule has 9 nitrogen and oxygen atoms in total. The molecule has 0 unspecified atom stereocenters. The van der Waals surface area contributed by atoms with Crippen molar-refractivity contribution in [2.45, 2.75) is 6.42 Å². The van der Waals surface area contributed by atoms with Crippen molar-refractivity contribution < 1.29 is 28.8 Å². The lowest BCUT2D eigenvalue weighted by atomic mass is 9.92. The molecule has 4 rings (SSSR count). The molecule has 0 atom stereocenters. The molecule has 3 aromatic rings. The highest BCUT2D eigenvalue weighted by Crippen LogP contribution is 2.27. The van der Waals surface area contributed by atoms with Crippen LogP contribution >= 0.6 is 0 Å². The molecule has 0 fully saturated rings. The van der Waals surface area contributed by atoms with Gasteiger partial charge in [0.05, 0.1) is 18.7 Å². The van der Waals surface area contributed by atoms with Crippen molar-refractivity contribution in [3.8, 4) is 0 Å². The zero-order chi connectivity index (χ0) is 26.5. The molecule has 37 heavy (non-hydrogen) atoms.